The molecule has 0 radical (unpaired) electrons. The van der Waals surface area contributed by atoms with Crippen molar-refractivity contribution in [1.82, 2.24) is 0 Å². The molecule has 0 bridgehead atoms. The summed E-state index contributed by atoms with van der Waals surface area (Å²) in [7, 11) is 0. The summed E-state index contributed by atoms with van der Waals surface area (Å²) >= 11 is 5.75. The number of hydrogen-bond donors (Lipinski definition) is 1. The molecule has 0 aromatic heterocycles. The van der Waals surface area contributed by atoms with Crippen LogP contribution in [0.3, 0.4) is 0 Å². The smallest absolute Gasteiger partial charge is 0.303 e. The standard InChI is InChI=1S/C27H40O15S2/c1-11(2)36-26-23(40-17(8)33)24(43)25(19(41-26)10-35-13(4)29)44-27-22(39-16(7)32)21(38-15(6)31)20(37-14(5)30)18(42-27)9-34-12(3)28/h11,18-27,43H,9-10H2,1-8H3/t18-,19-,20-,21+,22-,23-,24-,25-,26+,27+/m1/s1. The zero-order chi connectivity index (χ0) is 33.3. The van der Waals surface area contributed by atoms with Gasteiger partial charge in [-0.05, 0) is 13.8 Å². The van der Waals surface area contributed by atoms with Crippen LogP contribution in [-0.4, -0.2) is 114 Å². The Morgan fingerprint density at radius 1 is 0.636 bits per heavy atom. The second-order valence-corrected chi connectivity index (χ2v) is 12.1. The van der Waals surface area contributed by atoms with Crippen molar-refractivity contribution in [2.75, 3.05) is 13.2 Å². The first-order chi connectivity index (χ1) is 20.5. The van der Waals surface area contributed by atoms with Gasteiger partial charge >= 0.3 is 35.8 Å². The Balaban J connectivity index is 2.59. The van der Waals surface area contributed by atoms with Crippen LogP contribution >= 0.6 is 24.4 Å². The molecule has 0 spiro atoms. The molecule has 0 N–H and O–H groups in total. The van der Waals surface area contributed by atoms with E-state index in [0.717, 1.165) is 39.5 Å². The number of carbonyl (C=O) groups excluding carboxylic acids is 6. The molecule has 2 rings (SSSR count). The number of thioether (sulfide) groups is 1. The van der Waals surface area contributed by atoms with Gasteiger partial charge in [-0.15, -0.1) is 11.8 Å². The molecular formula is C27H40O15S2. The highest BCUT2D eigenvalue weighted by Crippen LogP contribution is 2.42. The molecule has 2 aliphatic rings. The van der Waals surface area contributed by atoms with Gasteiger partial charge in [-0.2, -0.15) is 12.6 Å². The summed E-state index contributed by atoms with van der Waals surface area (Å²) in [6.45, 7) is 9.76. The molecule has 0 aromatic carbocycles. The van der Waals surface area contributed by atoms with E-state index in [1.54, 1.807) is 13.8 Å². The first-order valence-corrected chi connectivity index (χ1v) is 15.2. The van der Waals surface area contributed by atoms with E-state index in [9.17, 15) is 28.8 Å². The van der Waals surface area contributed by atoms with E-state index in [1.807, 2.05) is 0 Å². The minimum Gasteiger partial charge on any atom is -0.463 e. The quantitative estimate of drug-likeness (QED) is 0.177. The summed E-state index contributed by atoms with van der Waals surface area (Å²) in [6, 6.07) is 0. The van der Waals surface area contributed by atoms with Crippen molar-refractivity contribution in [3.05, 3.63) is 0 Å². The van der Waals surface area contributed by atoms with Gasteiger partial charge in [0.15, 0.2) is 30.7 Å². The fourth-order valence-electron chi connectivity index (χ4n) is 4.54. The molecule has 0 aromatic rings. The third-order valence-corrected chi connectivity index (χ3v) is 8.39. The maximum Gasteiger partial charge on any atom is 0.303 e. The van der Waals surface area contributed by atoms with E-state index in [1.165, 1.54) is 13.8 Å². The molecule has 17 heteroatoms. The van der Waals surface area contributed by atoms with E-state index >= 15 is 0 Å². The Morgan fingerprint density at radius 2 is 1.09 bits per heavy atom. The lowest BCUT2D eigenvalue weighted by Gasteiger charge is -2.48. The Morgan fingerprint density at radius 3 is 1.57 bits per heavy atom. The fraction of sp³-hybridized carbons (Fsp3) is 0.778. The van der Waals surface area contributed by atoms with Crippen LogP contribution in [0, 0.1) is 0 Å². The number of hydrogen-bond acceptors (Lipinski definition) is 17. The molecule has 2 aliphatic heterocycles. The largest absolute Gasteiger partial charge is 0.463 e. The van der Waals surface area contributed by atoms with E-state index in [4.69, 9.17) is 55.3 Å². The van der Waals surface area contributed by atoms with Crippen molar-refractivity contribution in [3.8, 4) is 0 Å². The van der Waals surface area contributed by atoms with Gasteiger partial charge in [0.2, 0.25) is 0 Å². The summed E-state index contributed by atoms with van der Waals surface area (Å²) < 4.78 is 50.6. The Labute approximate surface area is 264 Å². The van der Waals surface area contributed by atoms with Crippen LogP contribution in [0.25, 0.3) is 0 Å². The first kappa shape index (κ1) is 37.6. The maximum atomic E-state index is 12.3. The average molecular weight is 669 g/mol. The third-order valence-electron chi connectivity index (χ3n) is 6.02. The molecule has 15 nitrogen and oxygen atoms in total. The molecular weight excluding hydrogens is 628 g/mol. The molecule has 2 saturated heterocycles. The molecule has 0 aliphatic carbocycles. The van der Waals surface area contributed by atoms with Gasteiger partial charge in [0.25, 0.3) is 0 Å². The molecule has 0 saturated carbocycles. The Hall–Kier alpha value is -2.60. The molecule has 2 fully saturated rings. The number of carbonyl (C=O) groups is 6. The van der Waals surface area contributed by atoms with Crippen molar-refractivity contribution in [2.24, 2.45) is 0 Å². The molecule has 250 valence electrons. The summed E-state index contributed by atoms with van der Waals surface area (Å²) in [5.41, 5.74) is -1.20. The van der Waals surface area contributed by atoms with Gasteiger partial charge in [0, 0.05) is 41.5 Å². The molecule has 0 unspecified atom stereocenters. The zero-order valence-electron chi connectivity index (χ0n) is 25.7. The molecule has 0 amide bonds. The van der Waals surface area contributed by atoms with Gasteiger partial charge in [-0.3, -0.25) is 28.8 Å². The normalized spacial score (nSPS) is 31.8. The topological polar surface area (TPSA) is 185 Å². The summed E-state index contributed by atoms with van der Waals surface area (Å²) in [6.07, 6.45) is -8.71. The van der Waals surface area contributed by atoms with Gasteiger partial charge in [-0.25, -0.2) is 0 Å². The van der Waals surface area contributed by atoms with Gasteiger partial charge in [-0.1, -0.05) is 0 Å². The predicted molar refractivity (Wildman–Crippen MR) is 153 cm³/mol. The fourth-order valence-corrected chi connectivity index (χ4v) is 6.66. The van der Waals surface area contributed by atoms with Crippen LogP contribution in [0.15, 0.2) is 0 Å². The van der Waals surface area contributed by atoms with Crippen LogP contribution in [0.4, 0.5) is 0 Å². The highest BCUT2D eigenvalue weighted by molar-refractivity contribution is 8.01. The third kappa shape index (κ3) is 11.4. The lowest BCUT2D eigenvalue weighted by atomic mass is 9.99. The minimum absolute atomic E-state index is 0.264. The average Bonchev–Trinajstić information content (AvgIpc) is 2.87. The lowest BCUT2D eigenvalue weighted by molar-refractivity contribution is -0.259. The first-order valence-electron chi connectivity index (χ1n) is 13.8. The second kappa shape index (κ2) is 17.2. The summed E-state index contributed by atoms with van der Waals surface area (Å²) in [5, 5.41) is -1.65. The Kier molecular flexibility index (Phi) is 14.7. The summed E-state index contributed by atoms with van der Waals surface area (Å²) in [4.78, 5) is 71.9. The molecule has 2 heterocycles. The van der Waals surface area contributed by atoms with Crippen LogP contribution in [0.5, 0.6) is 0 Å². The van der Waals surface area contributed by atoms with E-state index in [2.05, 4.69) is 0 Å². The van der Waals surface area contributed by atoms with Crippen molar-refractivity contribution >= 4 is 60.2 Å². The predicted octanol–water partition coefficient (Wildman–Crippen LogP) is 1.11. The number of ether oxygens (including phenoxy) is 9. The van der Waals surface area contributed by atoms with Crippen molar-refractivity contribution in [1.29, 1.82) is 0 Å². The SMILES string of the molecule is CC(=O)OC[C@H]1O[C@@H](S[C@H]2[C@H](S)[C@@H](OC(C)=O)[C@@H](OC(C)C)O[C@@H]2COC(C)=O)[C@H](OC(C)=O)[C@@H](OC(C)=O)[C@@H]1OC(C)=O. The monoisotopic (exact) mass is 668 g/mol. The number of thiol groups is 1. The van der Waals surface area contributed by atoms with Crippen LogP contribution in [0.1, 0.15) is 55.4 Å². The van der Waals surface area contributed by atoms with Crippen molar-refractivity contribution < 1.29 is 71.4 Å². The highest BCUT2D eigenvalue weighted by atomic mass is 32.2. The zero-order valence-corrected chi connectivity index (χ0v) is 27.5. The van der Waals surface area contributed by atoms with E-state index in [0.29, 0.717) is 0 Å². The maximum absolute atomic E-state index is 12.3. The highest BCUT2D eigenvalue weighted by Gasteiger charge is 2.56. The van der Waals surface area contributed by atoms with E-state index < -0.39 is 101 Å². The van der Waals surface area contributed by atoms with Crippen LogP contribution < -0.4 is 0 Å². The molecule has 44 heavy (non-hydrogen) atoms. The second-order valence-electron chi connectivity index (χ2n) is 10.3. The van der Waals surface area contributed by atoms with Crippen LogP contribution in [-0.2, 0) is 71.4 Å². The number of rotatable bonds is 12. The van der Waals surface area contributed by atoms with Gasteiger partial charge in [0.05, 0.1) is 16.6 Å². The van der Waals surface area contributed by atoms with Gasteiger partial charge in [0.1, 0.15) is 30.9 Å². The summed E-state index contributed by atoms with van der Waals surface area (Å²) in [5.74, 6) is -4.22. The lowest BCUT2D eigenvalue weighted by Crippen LogP contribution is -2.63. The Bertz CT molecular complexity index is 1050. The molecule has 10 atom stereocenters. The number of esters is 6. The van der Waals surface area contributed by atoms with E-state index in [-0.39, 0.29) is 12.7 Å². The van der Waals surface area contributed by atoms with Crippen molar-refractivity contribution in [3.63, 3.8) is 0 Å². The minimum atomic E-state index is -1.40. The van der Waals surface area contributed by atoms with Gasteiger partial charge < -0.3 is 42.6 Å². The van der Waals surface area contributed by atoms with Crippen LogP contribution in [0.2, 0.25) is 0 Å². The van der Waals surface area contributed by atoms with Crippen molar-refractivity contribution in [2.45, 2.75) is 120 Å².